The van der Waals surface area contributed by atoms with Crippen LogP contribution in [-0.2, 0) is 13.0 Å². The van der Waals surface area contributed by atoms with Gasteiger partial charge in [-0.3, -0.25) is 4.79 Å². The maximum absolute atomic E-state index is 13.5. The summed E-state index contributed by atoms with van der Waals surface area (Å²) < 4.78 is 6.06. The van der Waals surface area contributed by atoms with E-state index in [0.29, 0.717) is 18.7 Å². The van der Waals surface area contributed by atoms with Crippen molar-refractivity contribution in [2.45, 2.75) is 19.1 Å². The van der Waals surface area contributed by atoms with Crippen molar-refractivity contribution < 1.29 is 9.53 Å². The Balaban J connectivity index is 1.39. The van der Waals surface area contributed by atoms with Gasteiger partial charge in [0.05, 0.1) is 12.2 Å². The number of nitrogens with zero attached hydrogens (tertiary/aromatic N) is 1. The molecular weight excluding hydrogens is 408 g/mol. The first-order valence-electron chi connectivity index (χ1n) is 11.2. The Hall–Kier alpha value is -4.05. The highest BCUT2D eigenvalue weighted by molar-refractivity contribution is 6.01. The van der Waals surface area contributed by atoms with Crippen molar-refractivity contribution in [3.8, 4) is 5.75 Å². The standard InChI is InChI=1S/C29H26N2O2/c32-29-26-16-7-8-17-27(26)30-28(31(29)21-23-12-5-2-6-13-23)24-14-9-15-25(20-24)33-19-18-22-10-3-1-4-11-22/h1-17,20,28,30H,18-19,21H2. The maximum atomic E-state index is 13.5. The molecule has 1 aliphatic heterocycles. The van der Waals surface area contributed by atoms with Gasteiger partial charge in [0.15, 0.2) is 0 Å². The summed E-state index contributed by atoms with van der Waals surface area (Å²) in [4.78, 5) is 15.4. The third-order valence-corrected chi connectivity index (χ3v) is 5.89. The monoisotopic (exact) mass is 434 g/mol. The van der Waals surface area contributed by atoms with Gasteiger partial charge in [0, 0.05) is 18.7 Å². The van der Waals surface area contributed by atoms with Crippen LogP contribution in [0.3, 0.4) is 0 Å². The van der Waals surface area contributed by atoms with Crippen LogP contribution in [0.25, 0.3) is 0 Å². The van der Waals surface area contributed by atoms with Crippen molar-refractivity contribution in [3.63, 3.8) is 0 Å². The number of benzene rings is 4. The number of hydrogen-bond donors (Lipinski definition) is 1. The molecule has 1 unspecified atom stereocenters. The van der Waals surface area contributed by atoms with Gasteiger partial charge >= 0.3 is 0 Å². The van der Waals surface area contributed by atoms with Crippen molar-refractivity contribution in [2.75, 3.05) is 11.9 Å². The first-order chi connectivity index (χ1) is 16.3. The van der Waals surface area contributed by atoms with E-state index in [0.717, 1.165) is 29.0 Å². The molecule has 164 valence electrons. The molecule has 4 nitrogen and oxygen atoms in total. The SMILES string of the molecule is O=C1c2ccccc2NC(c2cccc(OCCc3ccccc3)c2)N1Cc1ccccc1. The van der Waals surface area contributed by atoms with E-state index in [9.17, 15) is 4.79 Å². The molecule has 1 N–H and O–H groups in total. The van der Waals surface area contributed by atoms with E-state index in [1.165, 1.54) is 5.56 Å². The molecule has 0 spiro atoms. The minimum Gasteiger partial charge on any atom is -0.493 e. The second kappa shape index (κ2) is 9.61. The van der Waals surface area contributed by atoms with Crippen LogP contribution in [0.4, 0.5) is 5.69 Å². The second-order valence-electron chi connectivity index (χ2n) is 8.17. The van der Waals surface area contributed by atoms with Gasteiger partial charge in [0.1, 0.15) is 11.9 Å². The van der Waals surface area contributed by atoms with Gasteiger partial charge in [0.25, 0.3) is 5.91 Å². The van der Waals surface area contributed by atoms with E-state index >= 15 is 0 Å². The molecule has 1 atom stereocenters. The molecule has 0 saturated carbocycles. The molecular formula is C29H26N2O2. The number of anilines is 1. The van der Waals surface area contributed by atoms with Crippen molar-refractivity contribution in [3.05, 3.63) is 131 Å². The third kappa shape index (κ3) is 4.75. The molecule has 1 aliphatic rings. The predicted molar refractivity (Wildman–Crippen MR) is 131 cm³/mol. The molecule has 5 rings (SSSR count). The normalized spacial score (nSPS) is 15.0. The highest BCUT2D eigenvalue weighted by Crippen LogP contribution is 2.35. The topological polar surface area (TPSA) is 41.6 Å². The van der Waals surface area contributed by atoms with Crippen LogP contribution in [0.2, 0.25) is 0 Å². The lowest BCUT2D eigenvalue weighted by molar-refractivity contribution is 0.0666. The minimum absolute atomic E-state index is 0.0219. The lowest BCUT2D eigenvalue weighted by Crippen LogP contribution is -2.42. The van der Waals surface area contributed by atoms with Gasteiger partial charge < -0.3 is 15.0 Å². The van der Waals surface area contributed by atoms with Crippen LogP contribution in [0, 0.1) is 0 Å². The fourth-order valence-electron chi connectivity index (χ4n) is 4.20. The number of carbonyl (C=O) groups is 1. The molecule has 0 saturated heterocycles. The van der Waals surface area contributed by atoms with E-state index in [1.54, 1.807) is 0 Å². The second-order valence-corrected chi connectivity index (χ2v) is 8.17. The fraction of sp³-hybridized carbons (Fsp3) is 0.138. The zero-order valence-corrected chi connectivity index (χ0v) is 18.4. The molecule has 0 aliphatic carbocycles. The van der Waals surface area contributed by atoms with Crippen LogP contribution >= 0.6 is 0 Å². The zero-order valence-electron chi connectivity index (χ0n) is 18.4. The summed E-state index contributed by atoms with van der Waals surface area (Å²) in [5.41, 5.74) is 4.88. The lowest BCUT2D eigenvalue weighted by Gasteiger charge is -2.38. The smallest absolute Gasteiger partial charge is 0.258 e. The van der Waals surface area contributed by atoms with Crippen molar-refractivity contribution in [2.24, 2.45) is 0 Å². The van der Waals surface area contributed by atoms with Gasteiger partial charge in [-0.1, -0.05) is 84.9 Å². The number of amides is 1. The number of para-hydroxylation sites is 1. The number of ether oxygens (including phenoxy) is 1. The van der Waals surface area contributed by atoms with Crippen LogP contribution in [0.1, 0.15) is 33.2 Å². The molecule has 4 heteroatoms. The molecule has 4 aromatic rings. The van der Waals surface area contributed by atoms with Gasteiger partial charge in [-0.05, 0) is 41.0 Å². The Kier molecular flexibility index (Phi) is 6.07. The van der Waals surface area contributed by atoms with Crippen molar-refractivity contribution in [1.82, 2.24) is 4.90 Å². The van der Waals surface area contributed by atoms with Gasteiger partial charge in [-0.2, -0.15) is 0 Å². The molecule has 1 amide bonds. The molecule has 0 fully saturated rings. The number of hydrogen-bond acceptors (Lipinski definition) is 3. The maximum Gasteiger partial charge on any atom is 0.258 e. The summed E-state index contributed by atoms with van der Waals surface area (Å²) in [5, 5.41) is 3.57. The summed E-state index contributed by atoms with van der Waals surface area (Å²) in [7, 11) is 0. The van der Waals surface area contributed by atoms with Crippen molar-refractivity contribution in [1.29, 1.82) is 0 Å². The summed E-state index contributed by atoms with van der Waals surface area (Å²) in [6.45, 7) is 1.12. The van der Waals surface area contributed by atoms with Crippen molar-refractivity contribution >= 4 is 11.6 Å². The highest BCUT2D eigenvalue weighted by Gasteiger charge is 2.32. The Bertz CT molecular complexity index is 1220. The van der Waals surface area contributed by atoms with E-state index < -0.39 is 0 Å². The zero-order chi connectivity index (χ0) is 22.5. The summed E-state index contributed by atoms with van der Waals surface area (Å²) in [5.74, 6) is 0.824. The number of rotatable bonds is 7. The lowest BCUT2D eigenvalue weighted by atomic mass is 10.0. The molecule has 0 bridgehead atoms. The summed E-state index contributed by atoms with van der Waals surface area (Å²) >= 11 is 0. The number of fused-ring (bicyclic) bond motifs is 1. The Morgan fingerprint density at radius 1 is 0.758 bits per heavy atom. The Labute approximate surface area is 194 Å². The first-order valence-corrected chi connectivity index (χ1v) is 11.2. The van der Waals surface area contributed by atoms with Gasteiger partial charge in [0.2, 0.25) is 0 Å². The number of nitrogens with one attached hydrogen (secondary N) is 1. The van der Waals surface area contributed by atoms with E-state index in [2.05, 4.69) is 17.4 Å². The van der Waals surface area contributed by atoms with Crippen LogP contribution in [-0.4, -0.2) is 17.4 Å². The Morgan fingerprint density at radius 3 is 2.24 bits per heavy atom. The van der Waals surface area contributed by atoms with E-state index in [1.807, 2.05) is 102 Å². The predicted octanol–water partition coefficient (Wildman–Crippen LogP) is 6.07. The largest absolute Gasteiger partial charge is 0.493 e. The van der Waals surface area contributed by atoms with Gasteiger partial charge in [-0.15, -0.1) is 0 Å². The molecule has 33 heavy (non-hydrogen) atoms. The third-order valence-electron chi connectivity index (χ3n) is 5.89. The van der Waals surface area contributed by atoms with Gasteiger partial charge in [-0.25, -0.2) is 0 Å². The van der Waals surface area contributed by atoms with Crippen LogP contribution in [0.15, 0.2) is 109 Å². The average molecular weight is 435 g/mol. The summed E-state index contributed by atoms with van der Waals surface area (Å²) in [6.07, 6.45) is 0.559. The highest BCUT2D eigenvalue weighted by atomic mass is 16.5. The minimum atomic E-state index is -0.287. The summed E-state index contributed by atoms with van der Waals surface area (Å²) in [6, 6.07) is 36.1. The van der Waals surface area contributed by atoms with Crippen LogP contribution < -0.4 is 10.1 Å². The molecule has 4 aromatic carbocycles. The first kappa shape index (κ1) is 20.8. The average Bonchev–Trinajstić information content (AvgIpc) is 2.87. The van der Waals surface area contributed by atoms with E-state index in [-0.39, 0.29) is 12.1 Å². The van der Waals surface area contributed by atoms with E-state index in [4.69, 9.17) is 4.74 Å². The van der Waals surface area contributed by atoms with Crippen LogP contribution in [0.5, 0.6) is 5.75 Å². The molecule has 0 radical (unpaired) electrons. The molecule has 1 heterocycles. The number of carbonyl (C=O) groups excluding carboxylic acids is 1. The quantitative estimate of drug-likeness (QED) is 0.384. The fourth-order valence-corrected chi connectivity index (χ4v) is 4.20. The Morgan fingerprint density at radius 2 is 1.45 bits per heavy atom. The molecule has 0 aromatic heterocycles.